The molecule has 212 valence electrons. The summed E-state index contributed by atoms with van der Waals surface area (Å²) in [5.41, 5.74) is -1.73. The van der Waals surface area contributed by atoms with Crippen LogP contribution < -0.4 is 16.0 Å². The van der Waals surface area contributed by atoms with Gasteiger partial charge in [0.1, 0.15) is 5.54 Å². The Hall–Kier alpha value is -4.41. The Balaban J connectivity index is 1.47. The molecule has 4 N–H and O–H groups in total. The van der Waals surface area contributed by atoms with Gasteiger partial charge < -0.3 is 26.0 Å². The molecule has 2 aliphatic rings. The minimum atomic E-state index is -2.19. The minimum absolute atomic E-state index is 0.0135. The zero-order valence-corrected chi connectivity index (χ0v) is 22.9. The molecule has 0 bridgehead atoms. The first-order valence-corrected chi connectivity index (χ1v) is 13.4. The highest BCUT2D eigenvalue weighted by Crippen LogP contribution is 2.36. The summed E-state index contributed by atoms with van der Waals surface area (Å²) in [5, 5.41) is 18.1. The molecule has 2 aromatic rings. The Morgan fingerprint density at radius 2 is 1.57 bits per heavy atom. The van der Waals surface area contributed by atoms with E-state index in [9.17, 15) is 29.1 Å². The third kappa shape index (κ3) is 5.93. The van der Waals surface area contributed by atoms with Crippen LogP contribution in [0.1, 0.15) is 58.4 Å². The molecule has 1 saturated carbocycles. The first kappa shape index (κ1) is 28.6. The molecule has 40 heavy (non-hydrogen) atoms. The summed E-state index contributed by atoms with van der Waals surface area (Å²) in [7, 11) is 0. The molecule has 1 heterocycles. The second kappa shape index (κ2) is 11.4. The van der Waals surface area contributed by atoms with Crippen LogP contribution in [-0.4, -0.2) is 56.0 Å². The fraction of sp³-hybridized carbons (Fsp3) is 0.414. The second-order valence-electron chi connectivity index (χ2n) is 10.8. The number of anilines is 2. The fourth-order valence-corrected chi connectivity index (χ4v) is 4.77. The van der Waals surface area contributed by atoms with Crippen LogP contribution in [0.5, 0.6) is 0 Å². The van der Waals surface area contributed by atoms with Crippen LogP contribution in [0, 0.1) is 5.92 Å². The number of carboxylic acids is 1. The molecule has 1 saturated heterocycles. The SMILES string of the molecule is CC[C@@](NC(=O)CCC1CC1)(C(=O)O)N1C(=O)N(Cc2ccc(NC(=O)Nc3ccccc3)cc2)C(C)(C)C1=O. The lowest BCUT2D eigenvalue weighted by atomic mass is 9.99. The summed E-state index contributed by atoms with van der Waals surface area (Å²) in [6, 6.07) is 14.5. The van der Waals surface area contributed by atoms with Crippen molar-refractivity contribution >= 4 is 41.2 Å². The molecule has 11 nitrogen and oxygen atoms in total. The highest BCUT2D eigenvalue weighted by molar-refractivity contribution is 6.10. The van der Waals surface area contributed by atoms with E-state index in [0.29, 0.717) is 34.2 Å². The highest BCUT2D eigenvalue weighted by Gasteiger charge is 2.61. The highest BCUT2D eigenvalue weighted by atomic mass is 16.4. The lowest BCUT2D eigenvalue weighted by Crippen LogP contribution is -2.67. The van der Waals surface area contributed by atoms with Crippen molar-refractivity contribution in [2.24, 2.45) is 5.92 Å². The molecule has 11 heteroatoms. The molecule has 4 rings (SSSR count). The number of benzene rings is 2. The Morgan fingerprint density at radius 3 is 2.12 bits per heavy atom. The first-order chi connectivity index (χ1) is 19.0. The van der Waals surface area contributed by atoms with Crippen molar-refractivity contribution in [1.82, 2.24) is 15.1 Å². The molecule has 0 radical (unpaired) electrons. The lowest BCUT2D eigenvalue weighted by molar-refractivity contribution is -0.160. The average molecular weight is 550 g/mol. The normalized spacial score (nSPS) is 17.8. The van der Waals surface area contributed by atoms with Gasteiger partial charge in [-0.2, -0.15) is 0 Å². The van der Waals surface area contributed by atoms with Crippen molar-refractivity contribution in [3.05, 3.63) is 60.2 Å². The monoisotopic (exact) mass is 549 g/mol. The number of amides is 6. The van der Waals surface area contributed by atoms with Crippen LogP contribution in [-0.2, 0) is 20.9 Å². The Morgan fingerprint density at radius 1 is 0.975 bits per heavy atom. The van der Waals surface area contributed by atoms with E-state index in [1.165, 1.54) is 11.8 Å². The number of hydrogen-bond donors (Lipinski definition) is 4. The number of imide groups is 1. The van der Waals surface area contributed by atoms with Gasteiger partial charge in [0.25, 0.3) is 5.91 Å². The Kier molecular flexibility index (Phi) is 8.13. The molecular weight excluding hydrogens is 514 g/mol. The van der Waals surface area contributed by atoms with Gasteiger partial charge in [0.2, 0.25) is 11.6 Å². The number of urea groups is 2. The summed E-state index contributed by atoms with van der Waals surface area (Å²) in [5.74, 6) is -2.22. The third-order valence-corrected chi connectivity index (χ3v) is 7.48. The maximum absolute atomic E-state index is 13.6. The zero-order valence-electron chi connectivity index (χ0n) is 22.9. The Labute approximate surface area is 232 Å². The maximum Gasteiger partial charge on any atom is 0.351 e. The van der Waals surface area contributed by atoms with Gasteiger partial charge in [0.05, 0.1) is 0 Å². The van der Waals surface area contributed by atoms with Gasteiger partial charge in [0, 0.05) is 24.3 Å². The van der Waals surface area contributed by atoms with E-state index in [2.05, 4.69) is 16.0 Å². The summed E-state index contributed by atoms with van der Waals surface area (Å²) >= 11 is 0. The van der Waals surface area contributed by atoms with Crippen molar-refractivity contribution in [3.8, 4) is 0 Å². The van der Waals surface area contributed by atoms with Crippen molar-refractivity contribution in [2.45, 2.75) is 70.6 Å². The van der Waals surface area contributed by atoms with E-state index in [0.717, 1.165) is 12.8 Å². The van der Waals surface area contributed by atoms with Gasteiger partial charge >= 0.3 is 18.0 Å². The van der Waals surface area contributed by atoms with E-state index in [1.54, 1.807) is 50.2 Å². The zero-order chi connectivity index (χ0) is 29.1. The lowest BCUT2D eigenvalue weighted by Gasteiger charge is -2.36. The smallest absolute Gasteiger partial charge is 0.351 e. The molecule has 2 aromatic carbocycles. The number of carbonyl (C=O) groups excluding carboxylic acids is 4. The number of nitrogens with zero attached hydrogens (tertiary/aromatic N) is 2. The summed E-state index contributed by atoms with van der Waals surface area (Å²) in [4.78, 5) is 66.6. The van der Waals surface area contributed by atoms with Crippen molar-refractivity contribution in [2.75, 3.05) is 10.6 Å². The quantitative estimate of drug-likeness (QED) is 0.306. The summed E-state index contributed by atoms with van der Waals surface area (Å²) in [6.07, 6.45) is 2.69. The topological polar surface area (TPSA) is 148 Å². The number of hydrogen-bond acceptors (Lipinski definition) is 5. The fourth-order valence-electron chi connectivity index (χ4n) is 4.77. The molecule has 1 aliphatic heterocycles. The second-order valence-corrected chi connectivity index (χ2v) is 10.8. The number of rotatable bonds is 11. The van der Waals surface area contributed by atoms with Gasteiger partial charge in [-0.3, -0.25) is 9.59 Å². The number of carbonyl (C=O) groups is 5. The van der Waals surface area contributed by atoms with Crippen LogP contribution in [0.15, 0.2) is 54.6 Å². The predicted molar refractivity (Wildman–Crippen MR) is 148 cm³/mol. The van der Waals surface area contributed by atoms with Crippen LogP contribution in [0.2, 0.25) is 0 Å². The van der Waals surface area contributed by atoms with Gasteiger partial charge in [-0.1, -0.05) is 50.1 Å². The number of nitrogens with one attached hydrogen (secondary N) is 3. The molecule has 1 atom stereocenters. The molecular formula is C29H35N5O6. The molecule has 0 aromatic heterocycles. The Bertz CT molecular complexity index is 1290. The minimum Gasteiger partial charge on any atom is -0.478 e. The van der Waals surface area contributed by atoms with Crippen molar-refractivity contribution < 1.29 is 29.1 Å². The number of para-hydroxylation sites is 1. The molecule has 6 amide bonds. The van der Waals surface area contributed by atoms with E-state index in [-0.39, 0.29) is 19.4 Å². The van der Waals surface area contributed by atoms with Gasteiger partial charge in [-0.25, -0.2) is 19.3 Å². The standard InChI is InChI=1S/C29H35N5O6/c1-4-29(25(37)38,32-23(35)17-14-19-10-11-19)34-24(36)28(2,3)33(27(34)40)18-20-12-15-22(16-13-20)31-26(39)30-21-8-6-5-7-9-21/h5-9,12-13,15-16,19H,4,10-11,14,17-18H2,1-3H3,(H,32,35)(H,37,38)(H2,30,31,39)/t29-/m0/s1. The average Bonchev–Trinajstić information content (AvgIpc) is 3.73. The first-order valence-electron chi connectivity index (χ1n) is 13.4. The van der Waals surface area contributed by atoms with Crippen LogP contribution >= 0.6 is 0 Å². The van der Waals surface area contributed by atoms with Gasteiger partial charge in [0.15, 0.2) is 0 Å². The maximum atomic E-state index is 13.6. The molecule has 2 fully saturated rings. The molecule has 1 aliphatic carbocycles. The van der Waals surface area contributed by atoms with Crippen LogP contribution in [0.4, 0.5) is 21.0 Å². The van der Waals surface area contributed by atoms with E-state index >= 15 is 0 Å². The predicted octanol–water partition coefficient (Wildman–Crippen LogP) is 4.37. The summed E-state index contributed by atoms with van der Waals surface area (Å²) in [6.45, 7) is 4.63. The van der Waals surface area contributed by atoms with Gasteiger partial charge in [-0.05, 0) is 62.4 Å². The largest absolute Gasteiger partial charge is 0.478 e. The van der Waals surface area contributed by atoms with Crippen molar-refractivity contribution in [1.29, 1.82) is 0 Å². The van der Waals surface area contributed by atoms with E-state index < -0.39 is 41.0 Å². The molecule has 0 unspecified atom stereocenters. The van der Waals surface area contributed by atoms with Crippen LogP contribution in [0.3, 0.4) is 0 Å². The number of aliphatic carboxylic acids is 1. The molecule has 0 spiro atoms. The van der Waals surface area contributed by atoms with Crippen molar-refractivity contribution in [3.63, 3.8) is 0 Å². The third-order valence-electron chi connectivity index (χ3n) is 7.48. The van der Waals surface area contributed by atoms with E-state index in [1.807, 2.05) is 18.2 Å². The van der Waals surface area contributed by atoms with Gasteiger partial charge in [-0.15, -0.1) is 0 Å². The summed E-state index contributed by atoms with van der Waals surface area (Å²) < 4.78 is 0. The van der Waals surface area contributed by atoms with Crippen LogP contribution in [0.25, 0.3) is 0 Å². The number of carboxylic acid groups (broad SMARTS) is 1. The van der Waals surface area contributed by atoms with E-state index in [4.69, 9.17) is 0 Å².